The van der Waals surface area contributed by atoms with Crippen LogP contribution in [0, 0.1) is 0 Å². The van der Waals surface area contributed by atoms with Gasteiger partial charge in [-0.25, -0.2) is 0 Å². The molecule has 1 amide bonds. The van der Waals surface area contributed by atoms with Gasteiger partial charge >= 0.3 is 0 Å². The lowest BCUT2D eigenvalue weighted by Gasteiger charge is -2.20. The van der Waals surface area contributed by atoms with Crippen LogP contribution in [0.3, 0.4) is 0 Å². The number of rotatable bonds is 6. The van der Waals surface area contributed by atoms with E-state index in [0.717, 1.165) is 29.5 Å². The standard InChI is InChI=1S/C21H25NO4/c1-13(14-8-6-5-7-9-14)22-21(23)16-11-10-15-17(16)12-18(24-2)20(26-4)19(15)25-3/h5-9,12-13,16H,10-11H2,1-4H3,(H,22,23)/t13-,16-/m0/s1. The summed E-state index contributed by atoms with van der Waals surface area (Å²) in [6.45, 7) is 2.00. The second kappa shape index (κ2) is 7.68. The van der Waals surface area contributed by atoms with Crippen LogP contribution in [0.2, 0.25) is 0 Å². The summed E-state index contributed by atoms with van der Waals surface area (Å²) in [7, 11) is 4.79. The van der Waals surface area contributed by atoms with E-state index < -0.39 is 0 Å². The summed E-state index contributed by atoms with van der Waals surface area (Å²) in [6, 6.07) is 11.8. The van der Waals surface area contributed by atoms with Gasteiger partial charge in [0, 0.05) is 5.56 Å². The lowest BCUT2D eigenvalue weighted by Crippen LogP contribution is -2.30. The van der Waals surface area contributed by atoms with Gasteiger partial charge in [0.25, 0.3) is 0 Å². The predicted octanol–water partition coefficient (Wildman–Crippen LogP) is 3.62. The van der Waals surface area contributed by atoms with Gasteiger partial charge in [0.1, 0.15) is 0 Å². The third-order valence-electron chi connectivity index (χ3n) is 5.00. The SMILES string of the molecule is COc1cc2c(c(OC)c1OC)CC[C@@H]2C(=O)N[C@@H](C)c1ccccc1. The molecule has 5 heteroatoms. The minimum atomic E-state index is -0.218. The maximum absolute atomic E-state index is 12.9. The van der Waals surface area contributed by atoms with Gasteiger partial charge in [0.2, 0.25) is 11.7 Å². The fraction of sp³-hybridized carbons (Fsp3) is 0.381. The van der Waals surface area contributed by atoms with Crippen molar-refractivity contribution in [2.75, 3.05) is 21.3 Å². The van der Waals surface area contributed by atoms with Gasteiger partial charge < -0.3 is 19.5 Å². The Labute approximate surface area is 154 Å². The van der Waals surface area contributed by atoms with Gasteiger partial charge in [-0.1, -0.05) is 30.3 Å². The molecule has 0 aromatic heterocycles. The summed E-state index contributed by atoms with van der Waals surface area (Å²) in [4.78, 5) is 12.9. The molecule has 0 spiro atoms. The Kier molecular flexibility index (Phi) is 5.35. The van der Waals surface area contributed by atoms with Crippen molar-refractivity contribution in [2.45, 2.75) is 31.7 Å². The molecular weight excluding hydrogens is 330 g/mol. The molecule has 2 aromatic carbocycles. The Hall–Kier alpha value is -2.69. The highest BCUT2D eigenvalue weighted by atomic mass is 16.5. The molecule has 1 aliphatic rings. The molecule has 0 radical (unpaired) electrons. The molecule has 2 atom stereocenters. The fourth-order valence-electron chi connectivity index (χ4n) is 3.66. The minimum absolute atomic E-state index is 0.0226. The minimum Gasteiger partial charge on any atom is -0.493 e. The third-order valence-corrected chi connectivity index (χ3v) is 5.00. The Morgan fingerprint density at radius 3 is 2.38 bits per heavy atom. The molecule has 3 rings (SSSR count). The molecule has 2 aromatic rings. The average molecular weight is 355 g/mol. The van der Waals surface area contributed by atoms with Crippen LogP contribution in [0.4, 0.5) is 0 Å². The van der Waals surface area contributed by atoms with E-state index in [0.29, 0.717) is 17.2 Å². The van der Waals surface area contributed by atoms with E-state index in [4.69, 9.17) is 14.2 Å². The normalized spacial score (nSPS) is 16.5. The number of fused-ring (bicyclic) bond motifs is 1. The van der Waals surface area contributed by atoms with E-state index in [-0.39, 0.29) is 17.9 Å². The van der Waals surface area contributed by atoms with E-state index in [9.17, 15) is 4.79 Å². The highest BCUT2D eigenvalue weighted by Crippen LogP contribution is 2.48. The number of hydrogen-bond acceptors (Lipinski definition) is 4. The monoisotopic (exact) mass is 355 g/mol. The summed E-state index contributed by atoms with van der Waals surface area (Å²) in [5.74, 6) is 1.62. The zero-order valence-electron chi connectivity index (χ0n) is 15.7. The van der Waals surface area contributed by atoms with Gasteiger partial charge in [0.05, 0.1) is 33.3 Å². The Morgan fingerprint density at radius 1 is 1.08 bits per heavy atom. The zero-order chi connectivity index (χ0) is 18.7. The van der Waals surface area contributed by atoms with E-state index in [1.807, 2.05) is 43.3 Å². The van der Waals surface area contributed by atoms with Crippen molar-refractivity contribution in [2.24, 2.45) is 0 Å². The number of methoxy groups -OCH3 is 3. The molecule has 26 heavy (non-hydrogen) atoms. The molecule has 138 valence electrons. The number of carbonyl (C=O) groups excluding carboxylic acids is 1. The maximum Gasteiger partial charge on any atom is 0.228 e. The smallest absolute Gasteiger partial charge is 0.228 e. The maximum atomic E-state index is 12.9. The second-order valence-corrected chi connectivity index (χ2v) is 6.45. The van der Waals surface area contributed by atoms with E-state index in [2.05, 4.69) is 5.32 Å². The molecule has 0 heterocycles. The Bertz CT molecular complexity index is 788. The number of amides is 1. The topological polar surface area (TPSA) is 56.8 Å². The number of hydrogen-bond donors (Lipinski definition) is 1. The molecule has 0 bridgehead atoms. The van der Waals surface area contributed by atoms with Crippen molar-refractivity contribution in [3.05, 3.63) is 53.1 Å². The molecule has 0 saturated heterocycles. The molecule has 0 aliphatic heterocycles. The van der Waals surface area contributed by atoms with Crippen LogP contribution in [-0.2, 0) is 11.2 Å². The fourth-order valence-corrected chi connectivity index (χ4v) is 3.66. The lowest BCUT2D eigenvalue weighted by molar-refractivity contribution is -0.123. The molecule has 5 nitrogen and oxygen atoms in total. The van der Waals surface area contributed by atoms with Crippen LogP contribution in [0.1, 0.15) is 42.0 Å². The van der Waals surface area contributed by atoms with Crippen molar-refractivity contribution < 1.29 is 19.0 Å². The summed E-state index contributed by atoms with van der Waals surface area (Å²) < 4.78 is 16.5. The Morgan fingerprint density at radius 2 is 1.77 bits per heavy atom. The lowest BCUT2D eigenvalue weighted by atomic mass is 9.98. The Balaban J connectivity index is 1.88. The predicted molar refractivity (Wildman–Crippen MR) is 100 cm³/mol. The average Bonchev–Trinajstić information content (AvgIpc) is 3.10. The van der Waals surface area contributed by atoms with Crippen LogP contribution < -0.4 is 19.5 Å². The van der Waals surface area contributed by atoms with Gasteiger partial charge in [-0.15, -0.1) is 0 Å². The van der Waals surface area contributed by atoms with Crippen LogP contribution in [0.5, 0.6) is 17.2 Å². The molecule has 0 unspecified atom stereocenters. The van der Waals surface area contributed by atoms with E-state index in [1.165, 1.54) is 0 Å². The van der Waals surface area contributed by atoms with Crippen LogP contribution >= 0.6 is 0 Å². The highest BCUT2D eigenvalue weighted by molar-refractivity contribution is 5.86. The van der Waals surface area contributed by atoms with Crippen molar-refractivity contribution in [1.29, 1.82) is 0 Å². The van der Waals surface area contributed by atoms with Gasteiger partial charge in [-0.2, -0.15) is 0 Å². The largest absolute Gasteiger partial charge is 0.493 e. The first kappa shape index (κ1) is 18.1. The summed E-state index contributed by atoms with van der Waals surface area (Å²) >= 11 is 0. The summed E-state index contributed by atoms with van der Waals surface area (Å²) in [5.41, 5.74) is 3.07. The van der Waals surface area contributed by atoms with Crippen molar-refractivity contribution in [1.82, 2.24) is 5.32 Å². The highest BCUT2D eigenvalue weighted by Gasteiger charge is 2.34. The van der Waals surface area contributed by atoms with Crippen LogP contribution in [0.15, 0.2) is 36.4 Å². The second-order valence-electron chi connectivity index (χ2n) is 6.45. The van der Waals surface area contributed by atoms with Crippen LogP contribution in [0.25, 0.3) is 0 Å². The zero-order valence-corrected chi connectivity index (χ0v) is 15.7. The molecule has 1 N–H and O–H groups in total. The quantitative estimate of drug-likeness (QED) is 0.860. The molecule has 1 aliphatic carbocycles. The molecule has 0 saturated carbocycles. The van der Waals surface area contributed by atoms with Crippen molar-refractivity contribution >= 4 is 5.91 Å². The summed E-state index contributed by atoms with van der Waals surface area (Å²) in [6.07, 6.45) is 1.52. The third kappa shape index (κ3) is 3.21. The molecular formula is C21H25NO4. The van der Waals surface area contributed by atoms with E-state index in [1.54, 1.807) is 21.3 Å². The van der Waals surface area contributed by atoms with Crippen molar-refractivity contribution in [3.8, 4) is 17.2 Å². The van der Waals surface area contributed by atoms with Crippen LogP contribution in [-0.4, -0.2) is 27.2 Å². The number of nitrogens with one attached hydrogen (secondary N) is 1. The summed E-state index contributed by atoms with van der Waals surface area (Å²) in [5, 5.41) is 3.13. The van der Waals surface area contributed by atoms with Gasteiger partial charge in [-0.3, -0.25) is 4.79 Å². The van der Waals surface area contributed by atoms with Gasteiger partial charge in [-0.05, 0) is 37.0 Å². The first-order valence-corrected chi connectivity index (χ1v) is 8.77. The van der Waals surface area contributed by atoms with Crippen molar-refractivity contribution in [3.63, 3.8) is 0 Å². The van der Waals surface area contributed by atoms with E-state index >= 15 is 0 Å². The molecule has 0 fully saturated rings. The first-order chi connectivity index (χ1) is 12.6. The number of carbonyl (C=O) groups is 1. The number of benzene rings is 2. The van der Waals surface area contributed by atoms with Gasteiger partial charge in [0.15, 0.2) is 11.5 Å². The number of ether oxygens (including phenoxy) is 3. The first-order valence-electron chi connectivity index (χ1n) is 8.77.